The zero-order valence-corrected chi connectivity index (χ0v) is 13.1. The normalized spacial score (nSPS) is 17.7. The van der Waals surface area contributed by atoms with Crippen LogP contribution in [0.5, 0.6) is 0 Å². The number of amides is 2. The van der Waals surface area contributed by atoms with E-state index in [2.05, 4.69) is 10.1 Å². The molecule has 1 aliphatic heterocycles. The Bertz CT molecular complexity index is 568. The van der Waals surface area contributed by atoms with Crippen LogP contribution in [0.25, 0.3) is 0 Å². The molecule has 7 heteroatoms. The number of esters is 1. The van der Waals surface area contributed by atoms with E-state index < -0.39 is 12.0 Å². The van der Waals surface area contributed by atoms with Crippen LogP contribution in [0, 0.1) is 0 Å². The van der Waals surface area contributed by atoms with Gasteiger partial charge in [-0.15, -0.1) is 11.3 Å². The lowest BCUT2D eigenvalue weighted by Gasteiger charge is -2.23. The number of likely N-dealkylation sites (tertiary alicyclic amines) is 1. The largest absolute Gasteiger partial charge is 0.466 e. The molecule has 6 nitrogen and oxygen atoms in total. The second-order valence-corrected chi connectivity index (χ2v) is 5.75. The minimum Gasteiger partial charge on any atom is -0.466 e. The summed E-state index contributed by atoms with van der Waals surface area (Å²) in [5.74, 6) is -0.765. The molecule has 1 fully saturated rings. The van der Waals surface area contributed by atoms with Gasteiger partial charge in [0, 0.05) is 19.2 Å². The van der Waals surface area contributed by atoms with Crippen LogP contribution < -0.4 is 5.32 Å². The number of thiophene rings is 1. The molecule has 0 saturated carbocycles. The standard InChI is InChI=1S/C15H18N2O4S/c1-21-13(18)7-2-8-16-14(19)11-5-3-9-17(11)15(20)12-6-4-10-22-12/h2,4,6-7,10-11H,3,5,8-9H2,1H3,(H,16,19)/b7-2+. The van der Waals surface area contributed by atoms with Crippen molar-refractivity contribution in [1.82, 2.24) is 10.2 Å². The van der Waals surface area contributed by atoms with E-state index in [1.54, 1.807) is 11.0 Å². The van der Waals surface area contributed by atoms with Crippen LogP contribution in [0.2, 0.25) is 0 Å². The summed E-state index contributed by atoms with van der Waals surface area (Å²) in [6.45, 7) is 0.818. The smallest absolute Gasteiger partial charge is 0.330 e. The van der Waals surface area contributed by atoms with Crippen molar-refractivity contribution in [1.29, 1.82) is 0 Å². The van der Waals surface area contributed by atoms with E-state index in [1.807, 2.05) is 11.4 Å². The van der Waals surface area contributed by atoms with Crippen molar-refractivity contribution in [3.05, 3.63) is 34.5 Å². The van der Waals surface area contributed by atoms with Crippen molar-refractivity contribution in [2.24, 2.45) is 0 Å². The zero-order chi connectivity index (χ0) is 15.9. The van der Waals surface area contributed by atoms with Crippen molar-refractivity contribution in [3.63, 3.8) is 0 Å². The molecule has 0 aliphatic carbocycles. The van der Waals surface area contributed by atoms with Crippen LogP contribution in [0.3, 0.4) is 0 Å². The van der Waals surface area contributed by atoms with Gasteiger partial charge in [-0.3, -0.25) is 9.59 Å². The Labute approximate surface area is 132 Å². The van der Waals surface area contributed by atoms with Crippen LogP contribution in [0.15, 0.2) is 29.7 Å². The lowest BCUT2D eigenvalue weighted by Crippen LogP contribution is -2.45. The monoisotopic (exact) mass is 322 g/mol. The summed E-state index contributed by atoms with van der Waals surface area (Å²) in [5, 5.41) is 4.55. The highest BCUT2D eigenvalue weighted by atomic mass is 32.1. The van der Waals surface area contributed by atoms with Crippen molar-refractivity contribution in [3.8, 4) is 0 Å². The number of nitrogens with zero attached hydrogens (tertiary/aromatic N) is 1. The lowest BCUT2D eigenvalue weighted by molar-refractivity contribution is -0.134. The molecule has 22 heavy (non-hydrogen) atoms. The minimum atomic E-state index is -0.468. The first-order valence-corrected chi connectivity index (χ1v) is 7.88. The molecule has 1 atom stereocenters. The lowest BCUT2D eigenvalue weighted by atomic mass is 10.2. The van der Waals surface area contributed by atoms with Gasteiger partial charge in [0.15, 0.2) is 0 Å². The predicted octanol–water partition coefficient (Wildman–Crippen LogP) is 1.20. The molecule has 1 aromatic heterocycles. The molecule has 2 amide bonds. The summed E-state index contributed by atoms with van der Waals surface area (Å²) < 4.78 is 4.46. The number of rotatable bonds is 5. The van der Waals surface area contributed by atoms with Gasteiger partial charge in [0.25, 0.3) is 5.91 Å². The fraction of sp³-hybridized carbons (Fsp3) is 0.400. The van der Waals surface area contributed by atoms with Gasteiger partial charge in [-0.2, -0.15) is 0 Å². The number of carbonyl (C=O) groups is 3. The SMILES string of the molecule is COC(=O)/C=C/CNC(=O)C1CCCN1C(=O)c1cccs1. The number of hydrogen-bond acceptors (Lipinski definition) is 5. The highest BCUT2D eigenvalue weighted by molar-refractivity contribution is 7.12. The fourth-order valence-electron chi connectivity index (χ4n) is 2.32. The second kappa shape index (κ2) is 7.74. The quantitative estimate of drug-likeness (QED) is 0.653. The first kappa shape index (κ1) is 16.2. The molecular formula is C15H18N2O4S. The summed E-state index contributed by atoms with van der Waals surface area (Å²) in [7, 11) is 1.29. The summed E-state index contributed by atoms with van der Waals surface area (Å²) in [6, 6.07) is 3.14. The molecule has 2 rings (SSSR count). The Balaban J connectivity index is 1.90. The van der Waals surface area contributed by atoms with E-state index in [0.717, 1.165) is 6.42 Å². The van der Waals surface area contributed by atoms with Crippen LogP contribution >= 0.6 is 11.3 Å². The topological polar surface area (TPSA) is 75.7 Å². The second-order valence-electron chi connectivity index (χ2n) is 4.80. The van der Waals surface area contributed by atoms with Crippen LogP contribution in [0.4, 0.5) is 0 Å². The van der Waals surface area contributed by atoms with Crippen LogP contribution in [-0.2, 0) is 14.3 Å². The van der Waals surface area contributed by atoms with Gasteiger partial charge in [0.1, 0.15) is 6.04 Å². The Hall–Kier alpha value is -2.15. The van der Waals surface area contributed by atoms with Crippen LogP contribution in [-0.4, -0.2) is 48.9 Å². The Morgan fingerprint density at radius 3 is 3.00 bits per heavy atom. The molecule has 1 unspecified atom stereocenters. The number of ether oxygens (including phenoxy) is 1. The maximum absolute atomic E-state index is 12.4. The summed E-state index contributed by atoms with van der Waals surface area (Å²) in [6.07, 6.45) is 4.24. The summed E-state index contributed by atoms with van der Waals surface area (Å²) >= 11 is 1.37. The Morgan fingerprint density at radius 2 is 2.32 bits per heavy atom. The number of methoxy groups -OCH3 is 1. The van der Waals surface area contributed by atoms with Gasteiger partial charge in [0.2, 0.25) is 5.91 Å². The summed E-state index contributed by atoms with van der Waals surface area (Å²) in [4.78, 5) is 37.7. The van der Waals surface area contributed by atoms with E-state index in [-0.39, 0.29) is 18.4 Å². The number of hydrogen-bond donors (Lipinski definition) is 1. The summed E-state index contributed by atoms with van der Waals surface area (Å²) in [5.41, 5.74) is 0. The van der Waals surface area contributed by atoms with Crippen LogP contribution in [0.1, 0.15) is 22.5 Å². The molecular weight excluding hydrogens is 304 g/mol. The molecule has 1 N–H and O–H groups in total. The number of nitrogens with one attached hydrogen (secondary N) is 1. The molecule has 0 bridgehead atoms. The highest BCUT2D eigenvalue weighted by Crippen LogP contribution is 2.22. The average molecular weight is 322 g/mol. The van der Waals surface area contributed by atoms with Gasteiger partial charge < -0.3 is 15.0 Å². The van der Waals surface area contributed by atoms with Crippen molar-refractivity contribution >= 4 is 29.1 Å². The third-order valence-electron chi connectivity index (χ3n) is 3.40. The van der Waals surface area contributed by atoms with Gasteiger partial charge in [-0.25, -0.2) is 4.79 Å². The molecule has 1 aliphatic rings. The molecule has 1 aromatic rings. The Kier molecular flexibility index (Phi) is 5.71. The van der Waals surface area contributed by atoms with Crippen molar-refractivity contribution in [2.75, 3.05) is 20.2 Å². The zero-order valence-electron chi connectivity index (χ0n) is 12.3. The molecule has 118 valence electrons. The van der Waals surface area contributed by atoms with Crippen molar-refractivity contribution < 1.29 is 19.1 Å². The van der Waals surface area contributed by atoms with E-state index in [0.29, 0.717) is 17.8 Å². The fourth-order valence-corrected chi connectivity index (χ4v) is 3.00. The van der Waals surface area contributed by atoms with Gasteiger partial charge >= 0.3 is 5.97 Å². The van der Waals surface area contributed by atoms with E-state index in [1.165, 1.54) is 30.6 Å². The van der Waals surface area contributed by atoms with Gasteiger partial charge in [0.05, 0.1) is 12.0 Å². The van der Waals surface area contributed by atoms with E-state index >= 15 is 0 Å². The molecule has 2 heterocycles. The van der Waals surface area contributed by atoms with Crippen molar-refractivity contribution in [2.45, 2.75) is 18.9 Å². The molecule has 0 aromatic carbocycles. The third-order valence-corrected chi connectivity index (χ3v) is 4.26. The Morgan fingerprint density at radius 1 is 1.50 bits per heavy atom. The average Bonchev–Trinajstić information content (AvgIpc) is 3.21. The third kappa shape index (κ3) is 3.94. The maximum atomic E-state index is 12.4. The highest BCUT2D eigenvalue weighted by Gasteiger charge is 2.34. The van der Waals surface area contributed by atoms with E-state index in [4.69, 9.17) is 0 Å². The van der Waals surface area contributed by atoms with Gasteiger partial charge in [-0.1, -0.05) is 12.1 Å². The molecule has 0 spiro atoms. The van der Waals surface area contributed by atoms with E-state index in [9.17, 15) is 14.4 Å². The first-order chi connectivity index (χ1) is 10.6. The molecule has 1 saturated heterocycles. The molecule has 0 radical (unpaired) electrons. The predicted molar refractivity (Wildman–Crippen MR) is 82.5 cm³/mol. The minimum absolute atomic E-state index is 0.0993. The number of carbonyl (C=O) groups excluding carboxylic acids is 3. The first-order valence-electron chi connectivity index (χ1n) is 7.00. The van der Waals surface area contributed by atoms with Gasteiger partial charge in [-0.05, 0) is 24.3 Å². The maximum Gasteiger partial charge on any atom is 0.330 e.